The zero-order chi connectivity index (χ0) is 25.4. The normalized spacial score (nSPS) is 10.5. The highest BCUT2D eigenvalue weighted by Gasteiger charge is 2.22. The summed E-state index contributed by atoms with van der Waals surface area (Å²) >= 11 is 0. The lowest BCUT2D eigenvalue weighted by Gasteiger charge is -2.14. The van der Waals surface area contributed by atoms with Crippen molar-refractivity contribution in [3.63, 3.8) is 0 Å². The van der Waals surface area contributed by atoms with E-state index >= 15 is 0 Å². The summed E-state index contributed by atoms with van der Waals surface area (Å²) in [5, 5.41) is 0. The van der Waals surface area contributed by atoms with Crippen LogP contribution in [0.1, 0.15) is 26.3 Å². The zero-order valence-electron chi connectivity index (χ0n) is 20.1. The first-order chi connectivity index (χ1) is 16.9. The predicted octanol–water partition coefficient (Wildman–Crippen LogP) is 4.84. The van der Waals surface area contributed by atoms with Crippen LogP contribution >= 0.6 is 0 Å². The molecule has 0 heterocycles. The maximum atomic E-state index is 12.9. The molecule has 0 atom stereocenters. The second-order valence-electron chi connectivity index (χ2n) is 7.10. The zero-order valence-corrected chi connectivity index (χ0v) is 20.1. The van der Waals surface area contributed by atoms with E-state index in [1.54, 1.807) is 60.7 Å². The fourth-order valence-corrected chi connectivity index (χ4v) is 3.34. The highest BCUT2D eigenvalue weighted by Crippen LogP contribution is 2.33. The van der Waals surface area contributed by atoms with Crippen molar-refractivity contribution in [3.05, 3.63) is 77.4 Å². The smallest absolute Gasteiger partial charge is 0.351 e. The van der Waals surface area contributed by atoms with Gasteiger partial charge in [-0.3, -0.25) is 4.79 Å². The van der Waals surface area contributed by atoms with Crippen molar-refractivity contribution in [3.8, 4) is 34.5 Å². The van der Waals surface area contributed by atoms with Crippen molar-refractivity contribution in [1.82, 2.24) is 0 Å². The molecule has 0 spiro atoms. The van der Waals surface area contributed by atoms with Gasteiger partial charge in [0, 0.05) is 0 Å². The number of methoxy groups -OCH3 is 5. The van der Waals surface area contributed by atoms with Crippen LogP contribution in [0.5, 0.6) is 34.5 Å². The summed E-state index contributed by atoms with van der Waals surface area (Å²) in [5.41, 5.74) is 1.18. The van der Waals surface area contributed by atoms with Crippen molar-refractivity contribution in [2.45, 2.75) is 0 Å². The summed E-state index contributed by atoms with van der Waals surface area (Å²) < 4.78 is 32.0. The van der Waals surface area contributed by atoms with Gasteiger partial charge >= 0.3 is 5.97 Å². The van der Waals surface area contributed by atoms with E-state index in [0.717, 1.165) is 0 Å². The third kappa shape index (κ3) is 5.73. The van der Waals surface area contributed by atoms with Gasteiger partial charge in [0.15, 0.2) is 17.3 Å². The molecule has 0 aliphatic rings. The number of carbonyl (C=O) groups excluding carboxylic acids is 2. The van der Waals surface area contributed by atoms with Crippen LogP contribution in [0.4, 0.5) is 0 Å². The van der Waals surface area contributed by atoms with Crippen LogP contribution in [-0.2, 0) is 0 Å². The average molecular weight is 478 g/mol. The molecule has 8 nitrogen and oxygen atoms in total. The molecule has 3 aromatic carbocycles. The van der Waals surface area contributed by atoms with Crippen LogP contribution in [0.15, 0.2) is 60.7 Å². The topological polar surface area (TPSA) is 89.5 Å². The van der Waals surface area contributed by atoms with E-state index in [-0.39, 0.29) is 17.1 Å². The average Bonchev–Trinajstić information content (AvgIpc) is 2.90. The fourth-order valence-electron chi connectivity index (χ4n) is 3.34. The lowest BCUT2D eigenvalue weighted by Crippen LogP contribution is -2.12. The first kappa shape index (κ1) is 25.2. The lowest BCUT2D eigenvalue weighted by molar-refractivity contribution is 0.0722. The van der Waals surface area contributed by atoms with E-state index in [1.807, 2.05) is 0 Å². The molecule has 0 amide bonds. The first-order valence-corrected chi connectivity index (χ1v) is 10.5. The molecular formula is C27H26O8. The van der Waals surface area contributed by atoms with Gasteiger partial charge in [-0.25, -0.2) is 4.79 Å². The van der Waals surface area contributed by atoms with Crippen molar-refractivity contribution in [2.24, 2.45) is 0 Å². The molecular weight excluding hydrogens is 452 g/mol. The quantitative estimate of drug-likeness (QED) is 0.177. The highest BCUT2D eigenvalue weighted by molar-refractivity contribution is 6.09. The van der Waals surface area contributed by atoms with Crippen LogP contribution in [0.2, 0.25) is 0 Å². The largest absolute Gasteiger partial charge is 0.497 e. The number of allylic oxidation sites excluding steroid dienone is 1. The number of benzene rings is 3. The number of hydrogen-bond acceptors (Lipinski definition) is 8. The van der Waals surface area contributed by atoms with Gasteiger partial charge in [0.1, 0.15) is 28.6 Å². The minimum absolute atomic E-state index is 0.154. The van der Waals surface area contributed by atoms with E-state index in [0.29, 0.717) is 39.9 Å². The molecule has 0 saturated heterocycles. The van der Waals surface area contributed by atoms with E-state index in [1.165, 1.54) is 41.6 Å². The van der Waals surface area contributed by atoms with Crippen molar-refractivity contribution in [2.75, 3.05) is 35.5 Å². The van der Waals surface area contributed by atoms with Gasteiger partial charge in [-0.2, -0.15) is 0 Å². The summed E-state index contributed by atoms with van der Waals surface area (Å²) in [6.45, 7) is 0. The molecule has 0 bridgehead atoms. The second kappa shape index (κ2) is 11.6. The predicted molar refractivity (Wildman–Crippen MR) is 130 cm³/mol. The minimum atomic E-state index is -0.666. The van der Waals surface area contributed by atoms with Gasteiger partial charge in [-0.15, -0.1) is 0 Å². The Hall–Kier alpha value is -4.46. The lowest BCUT2D eigenvalue weighted by atomic mass is 10.1. The number of hydrogen-bond donors (Lipinski definition) is 0. The van der Waals surface area contributed by atoms with E-state index in [9.17, 15) is 9.59 Å². The molecule has 0 aliphatic carbocycles. The van der Waals surface area contributed by atoms with E-state index < -0.39 is 5.97 Å². The molecule has 182 valence electrons. The molecule has 8 heteroatoms. The van der Waals surface area contributed by atoms with E-state index in [4.69, 9.17) is 28.4 Å². The van der Waals surface area contributed by atoms with Gasteiger partial charge in [0.05, 0.1) is 41.1 Å². The summed E-state index contributed by atoms with van der Waals surface area (Å²) in [4.78, 5) is 25.7. The number of ether oxygens (including phenoxy) is 6. The van der Waals surface area contributed by atoms with Crippen LogP contribution in [-0.4, -0.2) is 47.3 Å². The third-order valence-corrected chi connectivity index (χ3v) is 5.12. The Bertz CT molecular complexity index is 1220. The second-order valence-corrected chi connectivity index (χ2v) is 7.10. The van der Waals surface area contributed by atoms with Crippen LogP contribution in [0.3, 0.4) is 0 Å². The molecule has 0 unspecified atom stereocenters. The fraction of sp³-hybridized carbons (Fsp3) is 0.185. The molecule has 0 fully saturated rings. The molecule has 35 heavy (non-hydrogen) atoms. The standard InChI is InChI=1S/C27H26O8/c1-30-18-11-14-21(31-2)19(16-18)20(28)12-9-17-10-13-22(25(15-17)34-5)35-27(29)26-23(32-3)7-6-8-24(26)33-4/h6-16H,1-5H3/b12-9+. The Morgan fingerprint density at radius 1 is 0.657 bits per heavy atom. The molecule has 0 aliphatic heterocycles. The highest BCUT2D eigenvalue weighted by atomic mass is 16.6. The molecule has 3 rings (SSSR count). The summed E-state index contributed by atoms with van der Waals surface area (Å²) in [7, 11) is 7.38. The Balaban J connectivity index is 1.84. The van der Waals surface area contributed by atoms with Crippen molar-refractivity contribution in [1.29, 1.82) is 0 Å². The van der Waals surface area contributed by atoms with Gasteiger partial charge in [0.25, 0.3) is 0 Å². The van der Waals surface area contributed by atoms with Gasteiger partial charge in [0.2, 0.25) is 0 Å². The molecule has 3 aromatic rings. The number of rotatable bonds is 10. The Labute approximate surface area is 203 Å². The first-order valence-electron chi connectivity index (χ1n) is 10.5. The van der Waals surface area contributed by atoms with Crippen LogP contribution in [0, 0.1) is 0 Å². The van der Waals surface area contributed by atoms with E-state index in [2.05, 4.69) is 0 Å². The summed E-state index contributed by atoms with van der Waals surface area (Å²) in [6.07, 6.45) is 3.04. The Morgan fingerprint density at radius 3 is 1.89 bits per heavy atom. The SMILES string of the molecule is COc1ccc(OC)c(C(=O)/C=C/c2ccc(OC(=O)c3c(OC)cccc3OC)c(OC)c2)c1. The van der Waals surface area contributed by atoms with Crippen LogP contribution < -0.4 is 28.4 Å². The van der Waals surface area contributed by atoms with Gasteiger partial charge in [-0.05, 0) is 54.1 Å². The Kier molecular flexibility index (Phi) is 8.34. The minimum Gasteiger partial charge on any atom is -0.497 e. The third-order valence-electron chi connectivity index (χ3n) is 5.12. The number of esters is 1. The van der Waals surface area contributed by atoms with Crippen LogP contribution in [0.25, 0.3) is 6.08 Å². The molecule has 0 aromatic heterocycles. The molecule has 0 radical (unpaired) electrons. The molecule has 0 N–H and O–H groups in total. The van der Waals surface area contributed by atoms with Gasteiger partial charge < -0.3 is 28.4 Å². The summed E-state index contributed by atoms with van der Waals surface area (Å²) in [6, 6.07) is 14.9. The Morgan fingerprint density at radius 2 is 1.29 bits per heavy atom. The summed E-state index contributed by atoms with van der Waals surface area (Å²) in [5.74, 6) is 1.19. The monoisotopic (exact) mass is 478 g/mol. The van der Waals surface area contributed by atoms with Crippen molar-refractivity contribution < 1.29 is 38.0 Å². The maximum Gasteiger partial charge on any atom is 0.351 e. The number of carbonyl (C=O) groups is 2. The van der Waals surface area contributed by atoms with Gasteiger partial charge in [-0.1, -0.05) is 18.2 Å². The molecule has 0 saturated carbocycles. The number of ketones is 1. The maximum absolute atomic E-state index is 12.9. The van der Waals surface area contributed by atoms with Crippen molar-refractivity contribution >= 4 is 17.8 Å².